The fourth-order valence-corrected chi connectivity index (χ4v) is 2.44. The van der Waals surface area contributed by atoms with Gasteiger partial charge in [-0.05, 0) is 77.2 Å². The molecular formula is C24H34O6. The molecule has 0 saturated heterocycles. The molecule has 0 unspecified atom stereocenters. The summed E-state index contributed by atoms with van der Waals surface area (Å²) in [5, 5.41) is 0. The maximum atomic E-state index is 11.8. The van der Waals surface area contributed by atoms with Gasteiger partial charge < -0.3 is 18.9 Å². The van der Waals surface area contributed by atoms with E-state index >= 15 is 0 Å². The lowest BCUT2D eigenvalue weighted by atomic mass is 10.1. The van der Waals surface area contributed by atoms with Gasteiger partial charge in [0.25, 0.3) is 0 Å². The normalized spacial score (nSPS) is 11.2. The first kappa shape index (κ1) is 25.3. The lowest BCUT2D eigenvalue weighted by molar-refractivity contribution is -0.148. The lowest BCUT2D eigenvalue weighted by Gasteiger charge is -2.17. The van der Waals surface area contributed by atoms with E-state index in [0.29, 0.717) is 30.3 Å². The maximum Gasteiger partial charge on any atom is 0.333 e. The van der Waals surface area contributed by atoms with Crippen LogP contribution in [-0.2, 0) is 19.1 Å². The number of carbonyl (C=O) groups excluding carboxylic acids is 2. The van der Waals surface area contributed by atoms with Crippen molar-refractivity contribution in [2.24, 2.45) is 0 Å². The van der Waals surface area contributed by atoms with E-state index in [2.05, 4.69) is 6.58 Å². The van der Waals surface area contributed by atoms with E-state index in [9.17, 15) is 9.59 Å². The van der Waals surface area contributed by atoms with E-state index in [0.717, 1.165) is 31.2 Å². The minimum absolute atomic E-state index is 0.338. The maximum absolute atomic E-state index is 11.8. The van der Waals surface area contributed by atoms with Gasteiger partial charge in [-0.25, -0.2) is 9.59 Å². The van der Waals surface area contributed by atoms with Crippen LogP contribution in [0.2, 0.25) is 0 Å². The average molecular weight is 419 g/mol. The Bertz CT molecular complexity index is 743. The van der Waals surface area contributed by atoms with Gasteiger partial charge in [0.1, 0.15) is 5.60 Å². The molecule has 0 aliphatic rings. The van der Waals surface area contributed by atoms with Crippen LogP contribution >= 0.6 is 0 Å². The first-order valence-corrected chi connectivity index (χ1v) is 10.2. The Labute approximate surface area is 179 Å². The van der Waals surface area contributed by atoms with Crippen molar-refractivity contribution in [1.29, 1.82) is 0 Å². The highest BCUT2D eigenvalue weighted by molar-refractivity contribution is 5.87. The molecule has 0 spiro atoms. The second kappa shape index (κ2) is 12.7. The van der Waals surface area contributed by atoms with Crippen molar-refractivity contribution in [2.45, 2.75) is 59.0 Å². The summed E-state index contributed by atoms with van der Waals surface area (Å²) < 4.78 is 21.5. The van der Waals surface area contributed by atoms with Crippen molar-refractivity contribution in [3.05, 3.63) is 42.0 Å². The van der Waals surface area contributed by atoms with Gasteiger partial charge in [-0.15, -0.1) is 0 Å². The number of hydrogen-bond donors (Lipinski definition) is 0. The summed E-state index contributed by atoms with van der Waals surface area (Å²) >= 11 is 0. The van der Waals surface area contributed by atoms with Gasteiger partial charge in [-0.1, -0.05) is 12.6 Å². The molecule has 0 aliphatic carbocycles. The number of esters is 2. The monoisotopic (exact) mass is 418 g/mol. The topological polar surface area (TPSA) is 71.1 Å². The summed E-state index contributed by atoms with van der Waals surface area (Å²) in [7, 11) is 1.58. The summed E-state index contributed by atoms with van der Waals surface area (Å²) in [4.78, 5) is 23.1. The van der Waals surface area contributed by atoms with Gasteiger partial charge in [-0.2, -0.15) is 0 Å². The molecule has 0 fully saturated rings. The summed E-state index contributed by atoms with van der Waals surface area (Å²) in [6.07, 6.45) is 6.72. The minimum atomic E-state index is -0.522. The predicted molar refractivity (Wildman–Crippen MR) is 118 cm³/mol. The molecule has 0 amide bonds. The highest BCUT2D eigenvalue weighted by Gasteiger charge is 2.14. The third-order valence-electron chi connectivity index (χ3n) is 3.88. The fourth-order valence-electron chi connectivity index (χ4n) is 2.44. The summed E-state index contributed by atoms with van der Waals surface area (Å²) in [5.74, 6) is 0.529. The van der Waals surface area contributed by atoms with Crippen molar-refractivity contribution in [3.63, 3.8) is 0 Å². The molecule has 6 heteroatoms. The van der Waals surface area contributed by atoms with Gasteiger partial charge in [-0.3, -0.25) is 0 Å². The Hall–Kier alpha value is -2.76. The lowest BCUT2D eigenvalue weighted by Crippen LogP contribution is -2.22. The highest BCUT2D eigenvalue weighted by Crippen LogP contribution is 2.29. The quantitative estimate of drug-likeness (QED) is 0.267. The Morgan fingerprint density at radius 2 is 1.70 bits per heavy atom. The second-order valence-electron chi connectivity index (χ2n) is 7.96. The van der Waals surface area contributed by atoms with Gasteiger partial charge >= 0.3 is 11.9 Å². The third kappa shape index (κ3) is 10.7. The Morgan fingerprint density at radius 3 is 2.30 bits per heavy atom. The van der Waals surface area contributed by atoms with E-state index in [4.69, 9.17) is 18.9 Å². The minimum Gasteiger partial charge on any atom is -0.493 e. The molecule has 0 atom stereocenters. The number of ether oxygens (including phenoxy) is 4. The number of methoxy groups -OCH3 is 1. The molecule has 0 bridgehead atoms. The zero-order valence-electron chi connectivity index (χ0n) is 18.8. The fraction of sp³-hybridized carbons (Fsp3) is 0.500. The third-order valence-corrected chi connectivity index (χ3v) is 3.88. The van der Waals surface area contributed by atoms with Crippen molar-refractivity contribution >= 4 is 18.0 Å². The van der Waals surface area contributed by atoms with Crippen LogP contribution < -0.4 is 9.47 Å². The van der Waals surface area contributed by atoms with Crippen molar-refractivity contribution in [3.8, 4) is 11.5 Å². The molecule has 0 saturated carbocycles. The first-order valence-electron chi connectivity index (χ1n) is 10.2. The summed E-state index contributed by atoms with van der Waals surface area (Å²) in [6, 6.07) is 5.49. The zero-order valence-corrected chi connectivity index (χ0v) is 18.8. The molecule has 1 aromatic rings. The molecule has 6 nitrogen and oxygen atoms in total. The van der Waals surface area contributed by atoms with Crippen LogP contribution in [0.1, 0.15) is 58.9 Å². The molecule has 0 radical (unpaired) electrons. The van der Waals surface area contributed by atoms with Crippen LogP contribution in [0, 0.1) is 0 Å². The standard InChI is InChI=1S/C24H34O6/c1-18(2)23(26)29-16-10-8-7-9-15-28-20-13-11-19(17-21(20)27-6)12-14-22(25)30-24(3,4)5/h11-14,17H,1,7-10,15-16H2,2-6H3/b14-12+. The van der Waals surface area contributed by atoms with E-state index in [1.807, 2.05) is 39.0 Å². The number of hydrogen-bond acceptors (Lipinski definition) is 6. The van der Waals surface area contributed by atoms with Crippen LogP contribution in [0.25, 0.3) is 6.08 Å². The molecule has 0 aromatic heterocycles. The summed E-state index contributed by atoms with van der Waals surface area (Å²) in [6.45, 7) is 11.6. The van der Waals surface area contributed by atoms with Gasteiger partial charge in [0.05, 0.1) is 20.3 Å². The van der Waals surface area contributed by atoms with Gasteiger partial charge in [0.2, 0.25) is 0 Å². The smallest absolute Gasteiger partial charge is 0.333 e. The number of unbranched alkanes of at least 4 members (excludes halogenated alkanes) is 3. The van der Waals surface area contributed by atoms with Crippen LogP contribution in [0.5, 0.6) is 11.5 Å². The SMILES string of the molecule is C=C(C)C(=O)OCCCCCCOc1ccc(/C=C/C(=O)OC(C)(C)C)cc1OC. The molecule has 0 heterocycles. The van der Waals surface area contributed by atoms with E-state index in [-0.39, 0.29) is 5.97 Å². The largest absolute Gasteiger partial charge is 0.493 e. The Morgan fingerprint density at radius 1 is 1.03 bits per heavy atom. The van der Waals surface area contributed by atoms with Crippen LogP contribution in [0.4, 0.5) is 0 Å². The molecule has 1 aromatic carbocycles. The molecule has 0 N–H and O–H groups in total. The van der Waals surface area contributed by atoms with E-state index in [1.54, 1.807) is 20.1 Å². The van der Waals surface area contributed by atoms with Crippen molar-refractivity contribution in [2.75, 3.05) is 20.3 Å². The van der Waals surface area contributed by atoms with E-state index in [1.165, 1.54) is 6.08 Å². The molecule has 30 heavy (non-hydrogen) atoms. The van der Waals surface area contributed by atoms with Crippen LogP contribution in [0.3, 0.4) is 0 Å². The van der Waals surface area contributed by atoms with Crippen LogP contribution in [0.15, 0.2) is 36.4 Å². The summed E-state index contributed by atoms with van der Waals surface area (Å²) in [5.41, 5.74) is 0.712. The zero-order chi connectivity index (χ0) is 22.6. The molecule has 0 aliphatic heterocycles. The van der Waals surface area contributed by atoms with E-state index < -0.39 is 11.6 Å². The van der Waals surface area contributed by atoms with Gasteiger partial charge in [0, 0.05) is 11.6 Å². The molecule has 166 valence electrons. The Balaban J connectivity index is 2.39. The number of rotatable bonds is 12. The van der Waals surface area contributed by atoms with Crippen molar-refractivity contribution in [1.82, 2.24) is 0 Å². The highest BCUT2D eigenvalue weighted by atomic mass is 16.6. The first-order chi connectivity index (χ1) is 14.1. The van der Waals surface area contributed by atoms with Crippen LogP contribution in [-0.4, -0.2) is 37.9 Å². The number of benzene rings is 1. The Kier molecular flexibility index (Phi) is 10.7. The molecule has 1 rings (SSSR count). The predicted octanol–water partition coefficient (Wildman–Crippen LogP) is 5.11. The van der Waals surface area contributed by atoms with Crippen molar-refractivity contribution < 1.29 is 28.5 Å². The second-order valence-corrected chi connectivity index (χ2v) is 7.96. The van der Waals surface area contributed by atoms with Gasteiger partial charge in [0.15, 0.2) is 11.5 Å². The molecular weight excluding hydrogens is 384 g/mol. The number of carbonyl (C=O) groups is 2. The average Bonchev–Trinajstić information content (AvgIpc) is 2.67.